The number of Topliss-reactive ketones (excluding diaryl/α,β-unsaturated/α-hetero) is 1. The van der Waals surface area contributed by atoms with E-state index in [1.807, 2.05) is 56.3 Å². The largest absolute Gasteiger partial charge is 0.497 e. The standard InChI is InChI=1S/C29H28N4O3/c1-17-6-11-25(31-15-17)33-29(35)26-18(2)32-23-13-21(19-7-9-22(36-3)10-8-19)14-24(34)28(23)27(26)20-5-4-12-30-16-20/h4-12,15-16,21,27,32H,13-14H2,1-3H3,(H,31,33,35)/t21-,27+/m1/s1. The number of aryl methyl sites for hydroxylation is 1. The number of amides is 1. The monoisotopic (exact) mass is 480 g/mol. The Morgan fingerprint density at radius 1 is 1.03 bits per heavy atom. The number of aromatic nitrogens is 2. The smallest absolute Gasteiger partial charge is 0.255 e. The van der Waals surface area contributed by atoms with E-state index in [2.05, 4.69) is 20.6 Å². The maximum atomic E-state index is 13.7. The predicted molar refractivity (Wildman–Crippen MR) is 137 cm³/mol. The van der Waals surface area contributed by atoms with Crippen LogP contribution in [0.2, 0.25) is 0 Å². The Hall–Kier alpha value is -4.26. The van der Waals surface area contributed by atoms with Gasteiger partial charge in [0.1, 0.15) is 11.6 Å². The molecule has 1 aliphatic carbocycles. The number of benzene rings is 1. The number of methoxy groups -OCH3 is 1. The van der Waals surface area contributed by atoms with Gasteiger partial charge in [-0.3, -0.25) is 14.6 Å². The molecule has 0 fully saturated rings. The van der Waals surface area contributed by atoms with Crippen molar-refractivity contribution in [2.24, 2.45) is 0 Å². The molecule has 2 atom stereocenters. The number of ether oxygens (including phenoxy) is 1. The number of nitrogens with zero attached hydrogens (tertiary/aromatic N) is 2. The molecule has 0 unspecified atom stereocenters. The van der Waals surface area contributed by atoms with E-state index in [0.717, 1.165) is 33.8 Å². The molecule has 0 radical (unpaired) electrons. The number of hydrogen-bond acceptors (Lipinski definition) is 6. The van der Waals surface area contributed by atoms with Crippen molar-refractivity contribution >= 4 is 17.5 Å². The Morgan fingerprint density at radius 3 is 2.50 bits per heavy atom. The lowest BCUT2D eigenvalue weighted by Gasteiger charge is -2.37. The third-order valence-electron chi connectivity index (χ3n) is 6.83. The van der Waals surface area contributed by atoms with Crippen LogP contribution in [-0.4, -0.2) is 28.8 Å². The molecule has 2 aromatic heterocycles. The molecule has 2 aliphatic rings. The first-order valence-corrected chi connectivity index (χ1v) is 12.0. The Kier molecular flexibility index (Phi) is 6.38. The van der Waals surface area contributed by atoms with Crippen LogP contribution < -0.4 is 15.4 Å². The Bertz CT molecular complexity index is 1360. The number of ketones is 1. The average molecular weight is 481 g/mol. The number of carbonyl (C=O) groups excluding carboxylic acids is 2. The summed E-state index contributed by atoms with van der Waals surface area (Å²) in [4.78, 5) is 35.8. The fraction of sp³-hybridized carbons (Fsp3) is 0.241. The molecular weight excluding hydrogens is 452 g/mol. The van der Waals surface area contributed by atoms with Crippen LogP contribution in [0.25, 0.3) is 0 Å². The van der Waals surface area contributed by atoms with E-state index in [1.165, 1.54) is 0 Å². The highest BCUT2D eigenvalue weighted by Gasteiger charge is 2.41. The summed E-state index contributed by atoms with van der Waals surface area (Å²) in [6.45, 7) is 3.82. The van der Waals surface area contributed by atoms with Gasteiger partial charge in [-0.1, -0.05) is 24.3 Å². The van der Waals surface area contributed by atoms with E-state index in [0.29, 0.717) is 29.8 Å². The van der Waals surface area contributed by atoms with E-state index in [-0.39, 0.29) is 17.6 Å². The van der Waals surface area contributed by atoms with Crippen molar-refractivity contribution in [2.45, 2.75) is 38.5 Å². The second-order valence-corrected chi connectivity index (χ2v) is 9.25. The maximum absolute atomic E-state index is 13.7. The zero-order valence-corrected chi connectivity index (χ0v) is 20.5. The summed E-state index contributed by atoms with van der Waals surface area (Å²) in [6, 6.07) is 15.3. The predicted octanol–water partition coefficient (Wildman–Crippen LogP) is 4.79. The molecule has 3 heterocycles. The van der Waals surface area contributed by atoms with E-state index in [4.69, 9.17) is 4.74 Å². The van der Waals surface area contributed by atoms with Gasteiger partial charge in [0.2, 0.25) is 0 Å². The van der Waals surface area contributed by atoms with Gasteiger partial charge in [0.25, 0.3) is 5.91 Å². The third-order valence-corrected chi connectivity index (χ3v) is 6.83. The van der Waals surface area contributed by atoms with E-state index in [1.54, 1.807) is 31.8 Å². The summed E-state index contributed by atoms with van der Waals surface area (Å²) in [5.74, 6) is 0.524. The highest BCUT2D eigenvalue weighted by molar-refractivity contribution is 6.09. The Balaban J connectivity index is 1.51. The normalized spacial score (nSPS) is 19.5. The summed E-state index contributed by atoms with van der Waals surface area (Å²) >= 11 is 0. The van der Waals surface area contributed by atoms with Crippen molar-refractivity contribution in [1.29, 1.82) is 0 Å². The maximum Gasteiger partial charge on any atom is 0.255 e. The van der Waals surface area contributed by atoms with Gasteiger partial charge < -0.3 is 15.4 Å². The highest BCUT2D eigenvalue weighted by atomic mass is 16.5. The van der Waals surface area contributed by atoms with Gasteiger partial charge in [-0.25, -0.2) is 4.98 Å². The fourth-order valence-electron chi connectivity index (χ4n) is 5.06. The number of rotatable bonds is 5. The van der Waals surface area contributed by atoms with Crippen LogP contribution >= 0.6 is 0 Å². The van der Waals surface area contributed by atoms with Crippen molar-refractivity contribution in [3.8, 4) is 5.75 Å². The van der Waals surface area contributed by atoms with Crippen molar-refractivity contribution < 1.29 is 14.3 Å². The van der Waals surface area contributed by atoms with Gasteiger partial charge >= 0.3 is 0 Å². The number of allylic oxidation sites excluding steroid dienone is 3. The molecule has 36 heavy (non-hydrogen) atoms. The van der Waals surface area contributed by atoms with Crippen LogP contribution in [0.4, 0.5) is 5.82 Å². The van der Waals surface area contributed by atoms with Crippen LogP contribution in [0.3, 0.4) is 0 Å². The molecule has 0 bridgehead atoms. The number of nitrogens with one attached hydrogen (secondary N) is 2. The quantitative estimate of drug-likeness (QED) is 0.545. The number of pyridine rings is 2. The summed E-state index contributed by atoms with van der Waals surface area (Å²) in [5, 5.41) is 6.32. The second kappa shape index (κ2) is 9.77. The molecule has 2 N–H and O–H groups in total. The van der Waals surface area contributed by atoms with Gasteiger partial charge in [-0.2, -0.15) is 0 Å². The minimum absolute atomic E-state index is 0.0321. The molecule has 182 valence electrons. The molecule has 5 rings (SSSR count). The summed E-state index contributed by atoms with van der Waals surface area (Å²) in [6.07, 6.45) is 6.18. The molecule has 1 aromatic carbocycles. The van der Waals surface area contributed by atoms with Gasteiger partial charge in [0, 0.05) is 53.5 Å². The van der Waals surface area contributed by atoms with Crippen LogP contribution in [-0.2, 0) is 9.59 Å². The van der Waals surface area contributed by atoms with Crippen molar-refractivity contribution in [3.63, 3.8) is 0 Å². The molecular formula is C29H28N4O3. The topological polar surface area (TPSA) is 93.2 Å². The number of anilines is 1. The first-order valence-electron chi connectivity index (χ1n) is 12.0. The van der Waals surface area contributed by atoms with Crippen molar-refractivity contribution in [3.05, 3.63) is 106 Å². The van der Waals surface area contributed by atoms with E-state index in [9.17, 15) is 9.59 Å². The second-order valence-electron chi connectivity index (χ2n) is 9.25. The Labute approximate surface area is 210 Å². The van der Waals surface area contributed by atoms with Crippen LogP contribution in [0.15, 0.2) is 89.7 Å². The number of carbonyl (C=O) groups is 2. The first kappa shape index (κ1) is 23.5. The summed E-state index contributed by atoms with van der Waals surface area (Å²) < 4.78 is 5.28. The lowest BCUT2D eigenvalue weighted by molar-refractivity contribution is -0.116. The molecule has 0 saturated carbocycles. The van der Waals surface area contributed by atoms with Crippen molar-refractivity contribution in [2.75, 3.05) is 12.4 Å². The SMILES string of the molecule is COc1ccc([C@H]2CC(=O)C3=C(C2)NC(C)=C(C(=O)Nc2ccc(C)cn2)[C@@H]3c2cccnc2)cc1. The van der Waals surface area contributed by atoms with Crippen LogP contribution in [0.1, 0.15) is 48.3 Å². The van der Waals surface area contributed by atoms with Gasteiger partial charge in [0.05, 0.1) is 7.11 Å². The lowest BCUT2D eigenvalue weighted by atomic mass is 9.72. The number of dihydropyridines is 1. The fourth-order valence-corrected chi connectivity index (χ4v) is 5.06. The number of hydrogen-bond donors (Lipinski definition) is 2. The van der Waals surface area contributed by atoms with Gasteiger partial charge in [0.15, 0.2) is 5.78 Å². The summed E-state index contributed by atoms with van der Waals surface area (Å²) in [5.41, 5.74) is 5.62. The molecule has 0 saturated heterocycles. The lowest BCUT2D eigenvalue weighted by Crippen LogP contribution is -2.37. The zero-order chi connectivity index (χ0) is 25.2. The molecule has 0 spiro atoms. The average Bonchev–Trinajstić information content (AvgIpc) is 2.89. The molecule has 7 heteroatoms. The zero-order valence-electron chi connectivity index (χ0n) is 20.5. The van der Waals surface area contributed by atoms with Crippen molar-refractivity contribution in [1.82, 2.24) is 15.3 Å². The van der Waals surface area contributed by atoms with E-state index >= 15 is 0 Å². The highest BCUT2D eigenvalue weighted by Crippen LogP contribution is 2.45. The van der Waals surface area contributed by atoms with Gasteiger partial charge in [-0.15, -0.1) is 0 Å². The first-order chi connectivity index (χ1) is 17.4. The Morgan fingerprint density at radius 2 is 1.83 bits per heavy atom. The van der Waals surface area contributed by atoms with Crippen LogP contribution in [0.5, 0.6) is 5.75 Å². The third kappa shape index (κ3) is 4.52. The summed E-state index contributed by atoms with van der Waals surface area (Å²) in [7, 11) is 1.64. The molecule has 3 aromatic rings. The molecule has 1 amide bonds. The minimum atomic E-state index is -0.510. The van der Waals surface area contributed by atoms with E-state index < -0.39 is 5.92 Å². The van der Waals surface area contributed by atoms with Gasteiger partial charge in [-0.05, 0) is 67.1 Å². The molecule has 1 aliphatic heterocycles. The van der Waals surface area contributed by atoms with Crippen LogP contribution in [0, 0.1) is 6.92 Å². The molecule has 7 nitrogen and oxygen atoms in total. The minimum Gasteiger partial charge on any atom is -0.497 e.